The Balaban J connectivity index is 2.57. The van der Waals surface area contributed by atoms with Crippen molar-refractivity contribution in [1.82, 2.24) is 19.6 Å². The minimum atomic E-state index is -0.349. The lowest BCUT2D eigenvalue weighted by molar-refractivity contribution is 0.271. The van der Waals surface area contributed by atoms with Crippen LogP contribution in [0.25, 0.3) is 16.6 Å². The molecule has 1 aromatic carbocycles. The molecule has 2 aromatic heterocycles. The molecule has 18 heavy (non-hydrogen) atoms. The molecule has 0 radical (unpaired) electrons. The molecule has 0 bridgehead atoms. The van der Waals surface area contributed by atoms with E-state index in [1.54, 1.807) is 0 Å². The second kappa shape index (κ2) is 3.92. The normalized spacial score (nSPS) is 11.4. The van der Waals surface area contributed by atoms with Crippen LogP contribution in [-0.4, -0.2) is 24.7 Å². The number of aliphatic hydroxyl groups is 1. The molecule has 0 aliphatic rings. The highest BCUT2D eigenvalue weighted by Gasteiger charge is 2.12. The molecule has 6 heteroatoms. The second-order valence-electron chi connectivity index (χ2n) is 4.04. The number of aromatic nitrogens is 4. The Morgan fingerprint density at radius 3 is 3.00 bits per heavy atom. The van der Waals surface area contributed by atoms with E-state index < -0.39 is 0 Å². The van der Waals surface area contributed by atoms with Crippen LogP contribution in [0, 0.1) is 0 Å². The van der Waals surface area contributed by atoms with Crippen molar-refractivity contribution in [3.63, 3.8) is 0 Å². The lowest BCUT2D eigenvalue weighted by Crippen LogP contribution is -2.18. The summed E-state index contributed by atoms with van der Waals surface area (Å²) in [6.45, 7) is 1.76. The highest BCUT2D eigenvalue weighted by Crippen LogP contribution is 2.20. The van der Waals surface area contributed by atoms with Gasteiger partial charge < -0.3 is 10.1 Å². The maximum absolute atomic E-state index is 11.8. The first kappa shape index (κ1) is 10.9. The lowest BCUT2D eigenvalue weighted by atomic mass is 10.1. The molecule has 6 nitrogen and oxygen atoms in total. The number of rotatable bonds is 2. The summed E-state index contributed by atoms with van der Waals surface area (Å²) < 4.78 is 1.20. The minimum absolute atomic E-state index is 0.249. The second-order valence-corrected chi connectivity index (χ2v) is 4.04. The van der Waals surface area contributed by atoms with Gasteiger partial charge in [-0.05, 0) is 18.1 Å². The van der Waals surface area contributed by atoms with Gasteiger partial charge in [0.15, 0.2) is 11.5 Å². The van der Waals surface area contributed by atoms with Crippen molar-refractivity contribution in [3.8, 4) is 0 Å². The van der Waals surface area contributed by atoms with E-state index in [-0.39, 0.29) is 18.1 Å². The number of hydrogen-bond donors (Lipinski definition) is 2. The zero-order valence-corrected chi connectivity index (χ0v) is 9.84. The third kappa shape index (κ3) is 1.42. The summed E-state index contributed by atoms with van der Waals surface area (Å²) in [4.78, 5) is 18.8. The predicted octanol–water partition coefficient (Wildman–Crippen LogP) is 0.625. The highest BCUT2D eigenvalue weighted by molar-refractivity contribution is 5.93. The van der Waals surface area contributed by atoms with Gasteiger partial charge in [-0.1, -0.05) is 19.1 Å². The van der Waals surface area contributed by atoms with Gasteiger partial charge in [0, 0.05) is 5.39 Å². The molecule has 0 spiro atoms. The number of aromatic amines is 1. The molecule has 0 aliphatic carbocycles. The maximum Gasteiger partial charge on any atom is 0.348 e. The summed E-state index contributed by atoms with van der Waals surface area (Å²) in [6.07, 6.45) is 0.834. The molecule has 0 amide bonds. The Bertz CT molecular complexity index is 788. The number of aryl methyl sites for hydroxylation is 1. The zero-order valence-electron chi connectivity index (χ0n) is 9.84. The molecule has 0 unspecified atom stereocenters. The minimum Gasteiger partial charge on any atom is -0.388 e. The van der Waals surface area contributed by atoms with Gasteiger partial charge in [0.05, 0.1) is 5.52 Å². The third-order valence-corrected chi connectivity index (χ3v) is 2.98. The van der Waals surface area contributed by atoms with Gasteiger partial charge in [-0.3, -0.25) is 0 Å². The van der Waals surface area contributed by atoms with E-state index in [1.807, 2.05) is 25.1 Å². The van der Waals surface area contributed by atoms with Gasteiger partial charge in [0.2, 0.25) is 0 Å². The van der Waals surface area contributed by atoms with Crippen LogP contribution in [0.5, 0.6) is 0 Å². The molecule has 0 saturated heterocycles. The smallest absolute Gasteiger partial charge is 0.348 e. The topological polar surface area (TPSA) is 83.3 Å². The van der Waals surface area contributed by atoms with Crippen molar-refractivity contribution in [2.45, 2.75) is 20.0 Å². The molecule has 3 rings (SSSR count). The van der Waals surface area contributed by atoms with Crippen molar-refractivity contribution >= 4 is 16.6 Å². The molecule has 0 saturated carbocycles. The van der Waals surface area contributed by atoms with Gasteiger partial charge in [-0.25, -0.2) is 9.78 Å². The Morgan fingerprint density at radius 1 is 1.44 bits per heavy atom. The van der Waals surface area contributed by atoms with Crippen molar-refractivity contribution in [1.29, 1.82) is 0 Å². The average Bonchev–Trinajstić information content (AvgIpc) is 2.82. The first-order valence-corrected chi connectivity index (χ1v) is 5.75. The highest BCUT2D eigenvalue weighted by atomic mass is 16.3. The van der Waals surface area contributed by atoms with E-state index in [2.05, 4.69) is 15.1 Å². The molecule has 0 aliphatic heterocycles. The number of fused-ring (bicyclic) bond motifs is 3. The zero-order chi connectivity index (χ0) is 12.7. The van der Waals surface area contributed by atoms with Gasteiger partial charge >= 0.3 is 5.69 Å². The van der Waals surface area contributed by atoms with Crippen LogP contribution >= 0.6 is 0 Å². The number of nitrogens with one attached hydrogen (secondary N) is 1. The Hall–Kier alpha value is -2.21. The molecule has 2 heterocycles. The Kier molecular flexibility index (Phi) is 2.38. The van der Waals surface area contributed by atoms with E-state index in [1.165, 1.54) is 4.52 Å². The molecule has 0 atom stereocenters. The lowest BCUT2D eigenvalue weighted by Gasteiger charge is -2.04. The molecular formula is C12H12N4O2. The summed E-state index contributed by atoms with van der Waals surface area (Å²) in [7, 11) is 0. The van der Waals surface area contributed by atoms with E-state index in [0.29, 0.717) is 5.65 Å². The number of H-pyrrole nitrogens is 1. The first-order valence-electron chi connectivity index (χ1n) is 5.75. The molecule has 0 fully saturated rings. The molecule has 3 aromatic rings. The van der Waals surface area contributed by atoms with E-state index in [0.717, 1.165) is 22.9 Å². The van der Waals surface area contributed by atoms with Crippen LogP contribution < -0.4 is 5.69 Å². The number of hydrogen-bond acceptors (Lipinski definition) is 4. The van der Waals surface area contributed by atoms with Crippen molar-refractivity contribution < 1.29 is 5.11 Å². The molecule has 2 N–H and O–H groups in total. The van der Waals surface area contributed by atoms with Crippen molar-refractivity contribution in [2.24, 2.45) is 0 Å². The van der Waals surface area contributed by atoms with Crippen LogP contribution in [-0.2, 0) is 13.0 Å². The van der Waals surface area contributed by atoms with Crippen LogP contribution in [0.2, 0.25) is 0 Å². The largest absolute Gasteiger partial charge is 0.388 e. The van der Waals surface area contributed by atoms with Gasteiger partial charge in [0.1, 0.15) is 6.61 Å². The standard InChI is InChI=1S/C12H12N4O2/c1-2-7-4-3-5-8-10(7)11-14-9(6-17)15-16(11)12(18)13-8/h3-5,17H,2,6H2,1H3,(H,13,18). The first-order chi connectivity index (χ1) is 8.74. The van der Waals surface area contributed by atoms with Gasteiger partial charge in [0.25, 0.3) is 0 Å². The van der Waals surface area contributed by atoms with E-state index >= 15 is 0 Å². The van der Waals surface area contributed by atoms with Crippen LogP contribution in [0.15, 0.2) is 23.0 Å². The van der Waals surface area contributed by atoms with E-state index in [4.69, 9.17) is 5.11 Å². The number of aliphatic hydroxyl groups excluding tert-OH is 1. The SMILES string of the molecule is CCc1cccc2[nH]c(=O)n3nc(CO)nc3c12. The maximum atomic E-state index is 11.8. The summed E-state index contributed by atoms with van der Waals surface area (Å²) in [5, 5.41) is 13.9. The number of nitrogens with zero attached hydrogens (tertiary/aromatic N) is 3. The Labute approximate surface area is 102 Å². The fourth-order valence-corrected chi connectivity index (χ4v) is 2.16. The molecule has 92 valence electrons. The Morgan fingerprint density at radius 2 is 2.28 bits per heavy atom. The van der Waals surface area contributed by atoms with Gasteiger partial charge in [-0.15, -0.1) is 5.10 Å². The fraction of sp³-hybridized carbons (Fsp3) is 0.250. The monoisotopic (exact) mass is 244 g/mol. The van der Waals surface area contributed by atoms with E-state index in [9.17, 15) is 4.79 Å². The van der Waals surface area contributed by atoms with Crippen molar-refractivity contribution in [3.05, 3.63) is 40.1 Å². The quantitative estimate of drug-likeness (QED) is 0.692. The molecular weight excluding hydrogens is 232 g/mol. The number of benzene rings is 1. The summed E-state index contributed by atoms with van der Waals surface area (Å²) in [6, 6.07) is 5.73. The summed E-state index contributed by atoms with van der Waals surface area (Å²) in [5.74, 6) is 0.249. The van der Waals surface area contributed by atoms with Crippen molar-refractivity contribution in [2.75, 3.05) is 0 Å². The fourth-order valence-electron chi connectivity index (χ4n) is 2.16. The summed E-state index contributed by atoms with van der Waals surface area (Å²) in [5.41, 5.74) is 1.97. The summed E-state index contributed by atoms with van der Waals surface area (Å²) >= 11 is 0. The van der Waals surface area contributed by atoms with Gasteiger partial charge in [-0.2, -0.15) is 4.52 Å². The third-order valence-electron chi connectivity index (χ3n) is 2.98. The van der Waals surface area contributed by atoms with Crippen LogP contribution in [0.4, 0.5) is 0 Å². The van der Waals surface area contributed by atoms with Crippen LogP contribution in [0.1, 0.15) is 18.3 Å². The predicted molar refractivity (Wildman–Crippen MR) is 66.4 cm³/mol. The van der Waals surface area contributed by atoms with Crippen LogP contribution in [0.3, 0.4) is 0 Å². The average molecular weight is 244 g/mol.